The Bertz CT molecular complexity index is 270. The molecule has 0 rings (SSSR count). The van der Waals surface area contributed by atoms with E-state index < -0.39 is 5.97 Å². The van der Waals surface area contributed by atoms with Crippen LogP contribution in [0.5, 0.6) is 0 Å². The molecule has 0 saturated carbocycles. The number of rotatable bonds is 5. The zero-order chi connectivity index (χ0) is 10.6. The molecule has 0 bridgehead atoms. The SMILES string of the molecule is CCCCCCCC#CC#CC(=O)O. The van der Waals surface area contributed by atoms with Gasteiger partial charge in [0, 0.05) is 12.3 Å². The first-order valence-corrected chi connectivity index (χ1v) is 4.99. The van der Waals surface area contributed by atoms with E-state index in [1.54, 1.807) is 0 Å². The van der Waals surface area contributed by atoms with Gasteiger partial charge >= 0.3 is 5.97 Å². The van der Waals surface area contributed by atoms with E-state index in [0.717, 1.165) is 12.8 Å². The topological polar surface area (TPSA) is 37.3 Å². The highest BCUT2D eigenvalue weighted by atomic mass is 16.4. The summed E-state index contributed by atoms with van der Waals surface area (Å²) in [5.74, 6) is 8.45. The van der Waals surface area contributed by atoms with Crippen LogP contribution >= 0.6 is 0 Å². The molecule has 0 aromatic carbocycles. The number of carboxylic acids is 1. The third-order valence-electron chi connectivity index (χ3n) is 1.73. The van der Waals surface area contributed by atoms with Crippen LogP contribution in [-0.4, -0.2) is 11.1 Å². The van der Waals surface area contributed by atoms with E-state index >= 15 is 0 Å². The predicted molar refractivity (Wildman–Crippen MR) is 56.6 cm³/mol. The monoisotopic (exact) mass is 192 g/mol. The molecule has 1 N–H and O–H groups in total. The second-order valence-electron chi connectivity index (χ2n) is 3.02. The normalized spacial score (nSPS) is 8.07. The summed E-state index contributed by atoms with van der Waals surface area (Å²) in [5, 5.41) is 8.17. The van der Waals surface area contributed by atoms with Crippen LogP contribution in [0.25, 0.3) is 0 Å². The Labute approximate surface area is 85.7 Å². The van der Waals surface area contributed by atoms with Crippen molar-refractivity contribution < 1.29 is 9.90 Å². The molecule has 0 amide bonds. The molecule has 0 unspecified atom stereocenters. The predicted octanol–water partition coefficient (Wildman–Crippen LogP) is 2.44. The maximum atomic E-state index is 9.97. The van der Waals surface area contributed by atoms with E-state index in [0.29, 0.717) is 0 Å². The van der Waals surface area contributed by atoms with Crippen molar-refractivity contribution in [3.63, 3.8) is 0 Å². The third kappa shape index (κ3) is 10.6. The Morgan fingerprint density at radius 1 is 1.14 bits per heavy atom. The van der Waals surface area contributed by atoms with Crippen molar-refractivity contribution >= 4 is 5.97 Å². The number of aliphatic carboxylic acids is 1. The van der Waals surface area contributed by atoms with E-state index in [1.807, 2.05) is 5.92 Å². The lowest BCUT2D eigenvalue weighted by Crippen LogP contribution is -1.85. The summed E-state index contributed by atoms with van der Waals surface area (Å²) in [5.41, 5.74) is 0. The summed E-state index contributed by atoms with van der Waals surface area (Å²) in [7, 11) is 0. The zero-order valence-corrected chi connectivity index (χ0v) is 8.60. The van der Waals surface area contributed by atoms with Gasteiger partial charge in [0.05, 0.1) is 0 Å². The van der Waals surface area contributed by atoms with Gasteiger partial charge in [-0.15, -0.1) is 0 Å². The van der Waals surface area contributed by atoms with Gasteiger partial charge in [0.2, 0.25) is 0 Å². The summed E-state index contributed by atoms with van der Waals surface area (Å²) in [4.78, 5) is 9.97. The van der Waals surface area contributed by atoms with Gasteiger partial charge in [-0.1, -0.05) is 38.5 Å². The molecule has 0 atom stereocenters. The van der Waals surface area contributed by atoms with Crippen molar-refractivity contribution in [2.24, 2.45) is 0 Å². The van der Waals surface area contributed by atoms with Gasteiger partial charge in [0.15, 0.2) is 0 Å². The van der Waals surface area contributed by atoms with Gasteiger partial charge in [0.25, 0.3) is 0 Å². The molecule has 0 saturated heterocycles. The molecule has 0 heterocycles. The minimum Gasteiger partial charge on any atom is -0.472 e. The fourth-order valence-corrected chi connectivity index (χ4v) is 1.01. The van der Waals surface area contributed by atoms with Gasteiger partial charge in [-0.3, -0.25) is 0 Å². The summed E-state index contributed by atoms with van der Waals surface area (Å²) < 4.78 is 0. The van der Waals surface area contributed by atoms with Crippen LogP contribution < -0.4 is 0 Å². The molecule has 0 aliphatic rings. The molecule has 14 heavy (non-hydrogen) atoms. The van der Waals surface area contributed by atoms with Crippen molar-refractivity contribution in [2.45, 2.75) is 45.4 Å². The molecular formula is C12H16O2. The van der Waals surface area contributed by atoms with Gasteiger partial charge in [-0.2, -0.15) is 0 Å². The van der Waals surface area contributed by atoms with Crippen LogP contribution in [0.3, 0.4) is 0 Å². The molecule has 0 aliphatic carbocycles. The lowest BCUT2D eigenvalue weighted by molar-refractivity contribution is -0.130. The molecule has 0 spiro atoms. The minimum absolute atomic E-state index is 0.817. The number of unbranched alkanes of at least 4 members (excludes halogenated alkanes) is 5. The molecule has 0 aromatic heterocycles. The van der Waals surface area contributed by atoms with Gasteiger partial charge in [-0.05, 0) is 18.3 Å². The van der Waals surface area contributed by atoms with E-state index in [4.69, 9.17) is 5.11 Å². The fourth-order valence-electron chi connectivity index (χ4n) is 1.01. The maximum absolute atomic E-state index is 9.97. The Hall–Kier alpha value is -1.41. The zero-order valence-electron chi connectivity index (χ0n) is 8.60. The van der Waals surface area contributed by atoms with Crippen molar-refractivity contribution in [2.75, 3.05) is 0 Å². The summed E-state index contributed by atoms with van der Waals surface area (Å²) in [6.07, 6.45) is 6.90. The Balaban J connectivity index is 3.36. The highest BCUT2D eigenvalue weighted by Gasteiger charge is 1.85. The second-order valence-corrected chi connectivity index (χ2v) is 3.02. The van der Waals surface area contributed by atoms with Gasteiger partial charge in [-0.25, -0.2) is 4.79 Å². The molecular weight excluding hydrogens is 176 g/mol. The first kappa shape index (κ1) is 12.6. The molecule has 0 fully saturated rings. The smallest absolute Gasteiger partial charge is 0.382 e. The quantitative estimate of drug-likeness (QED) is 0.536. The maximum Gasteiger partial charge on any atom is 0.382 e. The summed E-state index contributed by atoms with van der Waals surface area (Å²) >= 11 is 0. The lowest BCUT2D eigenvalue weighted by atomic mass is 10.1. The van der Waals surface area contributed by atoms with Crippen LogP contribution in [0.4, 0.5) is 0 Å². The van der Waals surface area contributed by atoms with Crippen LogP contribution in [0.15, 0.2) is 0 Å². The van der Waals surface area contributed by atoms with E-state index in [9.17, 15) is 4.79 Å². The fraction of sp³-hybridized carbons (Fsp3) is 0.583. The van der Waals surface area contributed by atoms with E-state index in [-0.39, 0.29) is 0 Å². The molecule has 76 valence electrons. The van der Waals surface area contributed by atoms with Crippen molar-refractivity contribution in [3.05, 3.63) is 0 Å². The van der Waals surface area contributed by atoms with Crippen LogP contribution in [0.2, 0.25) is 0 Å². The van der Waals surface area contributed by atoms with Crippen LogP contribution in [0.1, 0.15) is 45.4 Å². The molecule has 0 aromatic rings. The standard InChI is InChI=1S/C12H16O2/c1-2-3-4-5-6-7-8-9-10-11-12(13)14/h2-7H2,1H3,(H,13,14). The highest BCUT2D eigenvalue weighted by Crippen LogP contribution is 2.03. The van der Waals surface area contributed by atoms with Crippen LogP contribution in [0, 0.1) is 23.7 Å². The average molecular weight is 192 g/mol. The largest absolute Gasteiger partial charge is 0.472 e. The van der Waals surface area contributed by atoms with E-state index in [2.05, 4.69) is 24.7 Å². The summed E-state index contributed by atoms with van der Waals surface area (Å²) in [6.45, 7) is 2.18. The lowest BCUT2D eigenvalue weighted by Gasteiger charge is -1.93. The number of hydrogen-bond acceptors (Lipinski definition) is 1. The number of carbonyl (C=O) groups is 1. The molecule has 2 nitrogen and oxygen atoms in total. The number of hydrogen-bond donors (Lipinski definition) is 1. The Morgan fingerprint density at radius 2 is 1.86 bits per heavy atom. The van der Waals surface area contributed by atoms with Gasteiger partial charge in [0.1, 0.15) is 0 Å². The summed E-state index contributed by atoms with van der Waals surface area (Å²) in [6, 6.07) is 0. The average Bonchev–Trinajstić information content (AvgIpc) is 2.15. The number of carboxylic acid groups (broad SMARTS) is 1. The van der Waals surface area contributed by atoms with Crippen molar-refractivity contribution in [1.29, 1.82) is 0 Å². The van der Waals surface area contributed by atoms with Crippen LogP contribution in [-0.2, 0) is 4.79 Å². The molecule has 2 heteroatoms. The van der Waals surface area contributed by atoms with E-state index in [1.165, 1.54) is 25.7 Å². The second kappa shape index (κ2) is 9.68. The highest BCUT2D eigenvalue weighted by molar-refractivity contribution is 5.87. The molecule has 0 aliphatic heterocycles. The molecule has 0 radical (unpaired) electrons. The minimum atomic E-state index is -1.12. The Morgan fingerprint density at radius 3 is 2.50 bits per heavy atom. The van der Waals surface area contributed by atoms with Crippen molar-refractivity contribution in [1.82, 2.24) is 0 Å². The first-order valence-electron chi connectivity index (χ1n) is 4.99. The van der Waals surface area contributed by atoms with Crippen molar-refractivity contribution in [3.8, 4) is 23.7 Å². The van der Waals surface area contributed by atoms with Gasteiger partial charge < -0.3 is 5.11 Å². The third-order valence-corrected chi connectivity index (χ3v) is 1.73. The Kier molecular flexibility index (Phi) is 8.70. The first-order chi connectivity index (χ1) is 6.77.